The van der Waals surface area contributed by atoms with Crippen molar-refractivity contribution in [3.63, 3.8) is 0 Å². The Labute approximate surface area is 68.5 Å². The normalized spacial score (nSPS) is 22.1. The van der Waals surface area contributed by atoms with Crippen LogP contribution in [0.1, 0.15) is 13.8 Å². The molecule has 0 aromatic rings. The lowest BCUT2D eigenvalue weighted by Crippen LogP contribution is -2.49. The summed E-state index contributed by atoms with van der Waals surface area (Å²) >= 11 is 0. The molecule has 0 aromatic carbocycles. The van der Waals surface area contributed by atoms with Crippen molar-refractivity contribution in [3.8, 4) is 0 Å². The van der Waals surface area contributed by atoms with Crippen molar-refractivity contribution < 1.29 is 4.74 Å². The molecule has 0 unspecified atom stereocenters. The zero-order valence-electron chi connectivity index (χ0n) is 7.47. The summed E-state index contributed by atoms with van der Waals surface area (Å²) < 4.78 is 5.23. The lowest BCUT2D eigenvalue weighted by Gasteiger charge is -2.32. The van der Waals surface area contributed by atoms with Gasteiger partial charge in [-0.25, -0.2) is 0 Å². The second-order valence-corrected chi connectivity index (χ2v) is 3.88. The van der Waals surface area contributed by atoms with Gasteiger partial charge in [0, 0.05) is 25.2 Å². The van der Waals surface area contributed by atoms with Crippen LogP contribution in [0.4, 0.5) is 0 Å². The SMILES string of the molecule is CC(C)(N)CN1CCOCC1. The molecule has 0 amide bonds. The lowest BCUT2D eigenvalue weighted by atomic mass is 10.1. The van der Waals surface area contributed by atoms with E-state index in [0.717, 1.165) is 32.8 Å². The van der Waals surface area contributed by atoms with Crippen LogP contribution in [0.25, 0.3) is 0 Å². The molecule has 1 aliphatic heterocycles. The minimum absolute atomic E-state index is 0.0721. The van der Waals surface area contributed by atoms with Gasteiger partial charge in [-0.3, -0.25) is 4.90 Å². The smallest absolute Gasteiger partial charge is 0.0594 e. The average molecular weight is 158 g/mol. The highest BCUT2D eigenvalue weighted by atomic mass is 16.5. The van der Waals surface area contributed by atoms with Gasteiger partial charge < -0.3 is 10.5 Å². The third kappa shape index (κ3) is 3.70. The van der Waals surface area contributed by atoms with E-state index < -0.39 is 0 Å². The topological polar surface area (TPSA) is 38.5 Å². The number of nitrogens with two attached hydrogens (primary N) is 1. The van der Waals surface area contributed by atoms with Gasteiger partial charge in [0.05, 0.1) is 13.2 Å². The second-order valence-electron chi connectivity index (χ2n) is 3.88. The Morgan fingerprint density at radius 2 is 1.91 bits per heavy atom. The van der Waals surface area contributed by atoms with Gasteiger partial charge in [0.2, 0.25) is 0 Å². The van der Waals surface area contributed by atoms with Gasteiger partial charge in [0.15, 0.2) is 0 Å². The van der Waals surface area contributed by atoms with Crippen molar-refractivity contribution in [2.24, 2.45) is 5.73 Å². The van der Waals surface area contributed by atoms with E-state index in [2.05, 4.69) is 18.7 Å². The van der Waals surface area contributed by atoms with Gasteiger partial charge in [0.25, 0.3) is 0 Å². The van der Waals surface area contributed by atoms with Crippen LogP contribution < -0.4 is 5.73 Å². The molecule has 0 spiro atoms. The molecule has 0 bridgehead atoms. The van der Waals surface area contributed by atoms with Crippen molar-refractivity contribution >= 4 is 0 Å². The maximum atomic E-state index is 5.88. The van der Waals surface area contributed by atoms with E-state index in [0.29, 0.717) is 0 Å². The average Bonchev–Trinajstić information content (AvgIpc) is 1.85. The van der Waals surface area contributed by atoms with Gasteiger partial charge in [-0.15, -0.1) is 0 Å². The maximum Gasteiger partial charge on any atom is 0.0594 e. The van der Waals surface area contributed by atoms with Crippen molar-refractivity contribution in [1.82, 2.24) is 4.90 Å². The van der Waals surface area contributed by atoms with E-state index in [-0.39, 0.29) is 5.54 Å². The highest BCUT2D eigenvalue weighted by Gasteiger charge is 2.18. The summed E-state index contributed by atoms with van der Waals surface area (Å²) in [4.78, 5) is 2.35. The van der Waals surface area contributed by atoms with Crippen LogP contribution in [0.3, 0.4) is 0 Å². The molecule has 1 rings (SSSR count). The fourth-order valence-electron chi connectivity index (χ4n) is 1.34. The molecule has 1 heterocycles. The first-order valence-corrected chi connectivity index (χ1v) is 4.17. The summed E-state index contributed by atoms with van der Waals surface area (Å²) in [6, 6.07) is 0. The molecule has 0 radical (unpaired) electrons. The van der Waals surface area contributed by atoms with Crippen LogP contribution in [0.5, 0.6) is 0 Å². The molecule has 0 aliphatic carbocycles. The molecular weight excluding hydrogens is 140 g/mol. The van der Waals surface area contributed by atoms with Crippen molar-refractivity contribution in [1.29, 1.82) is 0 Å². The second kappa shape index (κ2) is 3.52. The molecule has 3 heteroatoms. The van der Waals surface area contributed by atoms with E-state index in [9.17, 15) is 0 Å². The zero-order valence-corrected chi connectivity index (χ0v) is 7.47. The summed E-state index contributed by atoms with van der Waals surface area (Å²) in [5.74, 6) is 0. The summed E-state index contributed by atoms with van der Waals surface area (Å²) in [5, 5.41) is 0. The predicted molar refractivity (Wildman–Crippen MR) is 45.5 cm³/mol. The summed E-state index contributed by atoms with van der Waals surface area (Å²) in [6.07, 6.45) is 0. The van der Waals surface area contributed by atoms with E-state index in [1.807, 2.05) is 0 Å². The number of nitrogens with zero attached hydrogens (tertiary/aromatic N) is 1. The highest BCUT2D eigenvalue weighted by molar-refractivity contribution is 4.78. The number of ether oxygens (including phenoxy) is 1. The Kier molecular flexibility index (Phi) is 2.87. The summed E-state index contributed by atoms with van der Waals surface area (Å²) in [6.45, 7) is 8.86. The third-order valence-electron chi connectivity index (χ3n) is 1.73. The van der Waals surface area contributed by atoms with E-state index in [4.69, 9.17) is 10.5 Å². The Bertz CT molecular complexity index is 114. The maximum absolute atomic E-state index is 5.88. The minimum Gasteiger partial charge on any atom is -0.379 e. The van der Waals surface area contributed by atoms with Gasteiger partial charge in [-0.05, 0) is 13.8 Å². The predicted octanol–water partition coefficient (Wildman–Crippen LogP) is 0.0559. The molecule has 3 nitrogen and oxygen atoms in total. The quantitative estimate of drug-likeness (QED) is 0.617. The van der Waals surface area contributed by atoms with Crippen LogP contribution in [0.2, 0.25) is 0 Å². The van der Waals surface area contributed by atoms with Gasteiger partial charge in [-0.2, -0.15) is 0 Å². The lowest BCUT2D eigenvalue weighted by molar-refractivity contribution is 0.0303. The Morgan fingerprint density at radius 1 is 1.36 bits per heavy atom. The van der Waals surface area contributed by atoms with Crippen molar-refractivity contribution in [3.05, 3.63) is 0 Å². The van der Waals surface area contributed by atoms with Crippen molar-refractivity contribution in [2.45, 2.75) is 19.4 Å². The van der Waals surface area contributed by atoms with Crippen LogP contribution in [-0.4, -0.2) is 43.3 Å². The molecule has 1 saturated heterocycles. The largest absolute Gasteiger partial charge is 0.379 e. The molecule has 1 fully saturated rings. The first-order chi connectivity index (χ1) is 5.08. The minimum atomic E-state index is -0.0721. The van der Waals surface area contributed by atoms with E-state index >= 15 is 0 Å². The van der Waals surface area contributed by atoms with Gasteiger partial charge in [-0.1, -0.05) is 0 Å². The Morgan fingerprint density at radius 3 is 2.36 bits per heavy atom. The summed E-state index contributed by atoms with van der Waals surface area (Å²) in [5.41, 5.74) is 5.81. The Hall–Kier alpha value is -0.120. The third-order valence-corrected chi connectivity index (χ3v) is 1.73. The van der Waals surface area contributed by atoms with Gasteiger partial charge in [0.1, 0.15) is 0 Å². The standard InChI is InChI=1S/C8H18N2O/c1-8(2,9)7-10-3-5-11-6-4-10/h3-7,9H2,1-2H3. The van der Waals surface area contributed by atoms with Crippen molar-refractivity contribution in [2.75, 3.05) is 32.8 Å². The fraction of sp³-hybridized carbons (Fsp3) is 1.00. The molecule has 66 valence electrons. The zero-order chi connectivity index (χ0) is 8.32. The Balaban J connectivity index is 2.24. The molecule has 0 saturated carbocycles. The fourth-order valence-corrected chi connectivity index (χ4v) is 1.34. The first kappa shape index (κ1) is 8.97. The highest BCUT2D eigenvalue weighted by Crippen LogP contribution is 2.03. The number of hydrogen-bond donors (Lipinski definition) is 1. The van der Waals surface area contributed by atoms with E-state index in [1.165, 1.54) is 0 Å². The first-order valence-electron chi connectivity index (χ1n) is 4.17. The van der Waals surface area contributed by atoms with Crippen LogP contribution in [0.15, 0.2) is 0 Å². The molecule has 0 aromatic heterocycles. The monoisotopic (exact) mass is 158 g/mol. The molecule has 1 aliphatic rings. The van der Waals surface area contributed by atoms with Crippen LogP contribution >= 0.6 is 0 Å². The van der Waals surface area contributed by atoms with Crippen LogP contribution in [0, 0.1) is 0 Å². The molecule has 11 heavy (non-hydrogen) atoms. The summed E-state index contributed by atoms with van der Waals surface area (Å²) in [7, 11) is 0. The molecule has 2 N–H and O–H groups in total. The molecule has 0 atom stereocenters. The number of rotatable bonds is 2. The number of morpholine rings is 1. The van der Waals surface area contributed by atoms with Crippen LogP contribution in [-0.2, 0) is 4.74 Å². The number of hydrogen-bond acceptors (Lipinski definition) is 3. The van der Waals surface area contributed by atoms with E-state index in [1.54, 1.807) is 0 Å². The molecular formula is C8H18N2O. The van der Waals surface area contributed by atoms with Gasteiger partial charge >= 0.3 is 0 Å².